The van der Waals surface area contributed by atoms with E-state index < -0.39 is 0 Å². The van der Waals surface area contributed by atoms with E-state index in [1.165, 1.54) is 0 Å². The lowest BCUT2D eigenvalue weighted by atomic mass is 10.1. The van der Waals surface area contributed by atoms with Crippen molar-refractivity contribution < 1.29 is 4.79 Å². The molecule has 0 saturated heterocycles. The van der Waals surface area contributed by atoms with Crippen LogP contribution in [0.2, 0.25) is 0 Å². The Labute approximate surface area is 183 Å². The van der Waals surface area contributed by atoms with Crippen LogP contribution in [-0.2, 0) is 11.3 Å². The van der Waals surface area contributed by atoms with Gasteiger partial charge >= 0.3 is 0 Å². The number of hydrogen-bond acceptors (Lipinski definition) is 4. The van der Waals surface area contributed by atoms with Crippen molar-refractivity contribution in [1.82, 2.24) is 4.90 Å². The average Bonchev–Trinajstić information content (AvgIpc) is 2.80. The number of nitrogen functional groups attached to an aromatic ring is 1. The minimum atomic E-state index is -0.308. The molecule has 1 amide bonds. The van der Waals surface area contributed by atoms with Gasteiger partial charge in [-0.1, -0.05) is 48.5 Å². The van der Waals surface area contributed by atoms with Gasteiger partial charge in [0.05, 0.1) is 0 Å². The Hall–Kier alpha value is -4.04. The molecule has 0 unspecified atom stereocenters. The normalized spacial score (nSPS) is 11.1. The highest BCUT2D eigenvalue weighted by Gasteiger charge is 2.23. The number of para-hydroxylation sites is 1. The highest BCUT2D eigenvalue weighted by Crippen LogP contribution is 2.27. The van der Waals surface area contributed by atoms with Gasteiger partial charge < -0.3 is 15.5 Å². The molecule has 0 aliphatic heterocycles. The largest absolute Gasteiger partial charge is 0.399 e. The second-order valence-electron chi connectivity index (χ2n) is 7.46. The third-order valence-electron chi connectivity index (χ3n) is 4.89. The van der Waals surface area contributed by atoms with Gasteiger partial charge in [0.15, 0.2) is 0 Å². The minimum absolute atomic E-state index is 0.0605. The van der Waals surface area contributed by atoms with Crippen molar-refractivity contribution >= 4 is 23.0 Å². The fourth-order valence-corrected chi connectivity index (χ4v) is 3.21. The van der Waals surface area contributed by atoms with Crippen molar-refractivity contribution in [2.45, 2.75) is 26.4 Å². The molecule has 156 valence electrons. The molecule has 0 fully saturated rings. The third-order valence-corrected chi connectivity index (χ3v) is 4.89. The molecular weight excluding hydrogens is 384 g/mol. The molecule has 2 N–H and O–H groups in total. The van der Waals surface area contributed by atoms with Crippen molar-refractivity contribution in [1.29, 1.82) is 5.26 Å². The Bertz CT molecular complexity index is 1070. The number of rotatable bonds is 7. The summed E-state index contributed by atoms with van der Waals surface area (Å²) in [6.07, 6.45) is 1.60. The monoisotopic (exact) mass is 410 g/mol. The summed E-state index contributed by atoms with van der Waals surface area (Å²) in [5, 5.41) is 9.87. The lowest BCUT2D eigenvalue weighted by Gasteiger charge is -2.28. The lowest BCUT2D eigenvalue weighted by molar-refractivity contribution is -0.129. The number of benzene rings is 3. The number of nitrogens with two attached hydrogens (primary N) is 1. The zero-order valence-corrected chi connectivity index (χ0v) is 17.8. The molecule has 0 atom stereocenters. The van der Waals surface area contributed by atoms with Gasteiger partial charge in [0.1, 0.15) is 11.6 Å². The second kappa shape index (κ2) is 10.1. The van der Waals surface area contributed by atoms with Crippen LogP contribution in [0.25, 0.3) is 0 Å². The summed E-state index contributed by atoms with van der Waals surface area (Å²) >= 11 is 0. The Kier molecular flexibility index (Phi) is 7.08. The van der Waals surface area contributed by atoms with Gasteiger partial charge in [-0.3, -0.25) is 4.79 Å². The lowest BCUT2D eigenvalue weighted by Crippen LogP contribution is -2.37. The molecular formula is C26H26N4O. The summed E-state index contributed by atoms with van der Waals surface area (Å²) in [7, 11) is 0. The fraction of sp³-hybridized carbons (Fsp3) is 0.154. The van der Waals surface area contributed by atoms with Crippen LogP contribution in [0.1, 0.15) is 19.4 Å². The van der Waals surface area contributed by atoms with Gasteiger partial charge in [-0.25, -0.2) is 0 Å². The molecule has 0 spiro atoms. The summed E-state index contributed by atoms with van der Waals surface area (Å²) in [6, 6.07) is 28.7. The van der Waals surface area contributed by atoms with Gasteiger partial charge in [0.25, 0.3) is 5.91 Å². The quantitative estimate of drug-likeness (QED) is 0.328. The van der Waals surface area contributed by atoms with Gasteiger partial charge in [0, 0.05) is 35.8 Å². The molecule has 0 heterocycles. The number of amides is 1. The van der Waals surface area contributed by atoms with Crippen molar-refractivity contribution in [2.24, 2.45) is 0 Å². The van der Waals surface area contributed by atoms with Gasteiger partial charge in [-0.2, -0.15) is 5.26 Å². The van der Waals surface area contributed by atoms with Crippen LogP contribution in [0.4, 0.5) is 17.1 Å². The van der Waals surface area contributed by atoms with Crippen LogP contribution in [0.15, 0.2) is 96.7 Å². The molecule has 5 heteroatoms. The standard InChI is InChI=1S/C26H26N4O/c1-20(2)29(18-21-9-5-3-6-10-21)26(31)22(17-27)19-30(24-11-7-4-8-12-24)25-15-13-23(28)14-16-25/h3-16,19-20H,18,28H2,1-2H3/b22-19-. The van der Waals surface area contributed by atoms with Gasteiger partial charge in [-0.15, -0.1) is 0 Å². The molecule has 0 saturated carbocycles. The third kappa shape index (κ3) is 5.52. The van der Waals surface area contributed by atoms with Crippen LogP contribution in [-0.4, -0.2) is 16.8 Å². The van der Waals surface area contributed by atoms with Crippen molar-refractivity contribution in [3.63, 3.8) is 0 Å². The fourth-order valence-electron chi connectivity index (χ4n) is 3.21. The molecule has 5 nitrogen and oxygen atoms in total. The van der Waals surface area contributed by atoms with E-state index in [1.807, 2.05) is 91.5 Å². The number of anilines is 3. The molecule has 3 aromatic rings. The van der Waals surface area contributed by atoms with E-state index in [0.717, 1.165) is 16.9 Å². The predicted molar refractivity (Wildman–Crippen MR) is 125 cm³/mol. The van der Waals surface area contributed by atoms with E-state index in [0.29, 0.717) is 12.2 Å². The summed E-state index contributed by atoms with van der Waals surface area (Å²) in [6.45, 7) is 4.33. The summed E-state index contributed by atoms with van der Waals surface area (Å²) < 4.78 is 0. The molecule has 31 heavy (non-hydrogen) atoms. The number of nitriles is 1. The Morgan fingerprint density at radius 2 is 1.48 bits per heavy atom. The number of hydrogen-bond donors (Lipinski definition) is 1. The van der Waals surface area contributed by atoms with E-state index in [1.54, 1.807) is 23.2 Å². The minimum Gasteiger partial charge on any atom is -0.399 e. The zero-order chi connectivity index (χ0) is 22.2. The number of carbonyl (C=O) groups is 1. The van der Waals surface area contributed by atoms with E-state index in [-0.39, 0.29) is 17.5 Å². The van der Waals surface area contributed by atoms with Crippen molar-refractivity contribution in [2.75, 3.05) is 10.6 Å². The Balaban J connectivity index is 1.99. The molecule has 0 aliphatic carbocycles. The summed E-state index contributed by atoms with van der Waals surface area (Å²) in [5.41, 5.74) is 9.21. The maximum absolute atomic E-state index is 13.4. The molecule has 3 aromatic carbocycles. The first-order valence-corrected chi connectivity index (χ1v) is 10.2. The van der Waals surface area contributed by atoms with E-state index in [2.05, 4.69) is 6.07 Å². The molecule has 0 aliphatic rings. The number of carbonyl (C=O) groups excluding carboxylic acids is 1. The Morgan fingerprint density at radius 3 is 2.03 bits per heavy atom. The van der Waals surface area contributed by atoms with E-state index in [9.17, 15) is 10.1 Å². The first kappa shape index (κ1) is 21.7. The highest BCUT2D eigenvalue weighted by atomic mass is 16.2. The van der Waals surface area contributed by atoms with Gasteiger partial charge in [-0.05, 0) is 55.8 Å². The zero-order valence-electron chi connectivity index (χ0n) is 17.8. The predicted octanol–water partition coefficient (Wildman–Crippen LogP) is 5.25. The maximum atomic E-state index is 13.4. The summed E-state index contributed by atoms with van der Waals surface area (Å²) in [4.78, 5) is 16.9. The van der Waals surface area contributed by atoms with Crippen LogP contribution in [0, 0.1) is 11.3 Å². The molecule has 0 aromatic heterocycles. The molecule has 3 rings (SSSR count). The maximum Gasteiger partial charge on any atom is 0.266 e. The summed E-state index contributed by atoms with van der Waals surface area (Å²) in [5.74, 6) is -0.308. The van der Waals surface area contributed by atoms with Gasteiger partial charge in [0.2, 0.25) is 0 Å². The number of nitrogens with zero attached hydrogens (tertiary/aromatic N) is 3. The molecule has 0 bridgehead atoms. The average molecular weight is 411 g/mol. The Morgan fingerprint density at radius 1 is 0.935 bits per heavy atom. The van der Waals surface area contributed by atoms with Crippen molar-refractivity contribution in [3.8, 4) is 6.07 Å². The topological polar surface area (TPSA) is 73.4 Å². The highest BCUT2D eigenvalue weighted by molar-refractivity contribution is 5.98. The van der Waals surface area contributed by atoms with Crippen LogP contribution in [0.3, 0.4) is 0 Å². The second-order valence-corrected chi connectivity index (χ2v) is 7.46. The molecule has 0 radical (unpaired) electrons. The first-order chi connectivity index (χ1) is 15.0. The van der Waals surface area contributed by atoms with Crippen LogP contribution >= 0.6 is 0 Å². The van der Waals surface area contributed by atoms with E-state index in [4.69, 9.17) is 5.73 Å². The van der Waals surface area contributed by atoms with Crippen LogP contribution < -0.4 is 10.6 Å². The first-order valence-electron chi connectivity index (χ1n) is 10.2. The van der Waals surface area contributed by atoms with E-state index >= 15 is 0 Å². The van der Waals surface area contributed by atoms with Crippen molar-refractivity contribution in [3.05, 3.63) is 102 Å². The SMILES string of the molecule is CC(C)N(Cc1ccccc1)C(=O)/C(C#N)=C\N(c1ccccc1)c1ccc(N)cc1. The smallest absolute Gasteiger partial charge is 0.266 e. The van der Waals surface area contributed by atoms with Crippen LogP contribution in [0.5, 0.6) is 0 Å².